The largest absolute Gasteiger partial charge is 0.317 e. The number of hydrogen-bond acceptors (Lipinski definition) is 2. The van der Waals surface area contributed by atoms with Crippen LogP contribution in [0.2, 0.25) is 0 Å². The number of thiazole rings is 1. The summed E-state index contributed by atoms with van der Waals surface area (Å²) in [5.74, 6) is 0. The molecule has 1 rings (SSSR count). The molecule has 0 saturated carbocycles. The summed E-state index contributed by atoms with van der Waals surface area (Å²) >= 11 is 1.52. The zero-order chi connectivity index (χ0) is 8.43. The average molecular weight is 249 g/mol. The van der Waals surface area contributed by atoms with Gasteiger partial charge >= 0.3 is 0 Å². The Labute approximate surface area is 86.8 Å². The fourth-order valence-electron chi connectivity index (χ4n) is 0.965. The molecule has 68 valence electrons. The van der Waals surface area contributed by atoms with Gasteiger partial charge in [0.2, 0.25) is 0 Å². The van der Waals surface area contributed by atoms with Crippen LogP contribution in [0.5, 0.6) is 0 Å². The van der Waals surface area contributed by atoms with Crippen molar-refractivity contribution >= 4 is 28.3 Å². The normalized spacial score (nSPS) is 9.17. The van der Waals surface area contributed by atoms with Crippen molar-refractivity contribution in [1.82, 2.24) is 4.57 Å². The van der Waals surface area contributed by atoms with Gasteiger partial charge in [0.1, 0.15) is 0 Å². The Morgan fingerprint density at radius 1 is 1.58 bits per heavy atom. The molecule has 0 aliphatic rings. The van der Waals surface area contributed by atoms with Gasteiger partial charge in [-0.1, -0.05) is 6.08 Å². The highest BCUT2D eigenvalue weighted by Crippen LogP contribution is 2.08. The predicted molar refractivity (Wildman–Crippen MR) is 58.2 cm³/mol. The number of hydrogen-bond donors (Lipinski definition) is 1. The first-order chi connectivity index (χ1) is 5.16. The number of nitrogens with one attached hydrogen (secondary N) is 1. The van der Waals surface area contributed by atoms with Crippen LogP contribution in [0.1, 0.15) is 10.6 Å². The highest BCUT2D eigenvalue weighted by atomic mass is 79.9. The summed E-state index contributed by atoms with van der Waals surface area (Å²) < 4.78 is 1.95. The average Bonchev–Trinajstić information content (AvgIpc) is 2.17. The number of halogens is 1. The van der Waals surface area contributed by atoms with E-state index in [1.165, 1.54) is 21.9 Å². The molecule has 2 nitrogen and oxygen atoms in total. The van der Waals surface area contributed by atoms with Crippen LogP contribution in [0.4, 0.5) is 0 Å². The van der Waals surface area contributed by atoms with Crippen molar-refractivity contribution in [3.8, 4) is 0 Å². The van der Waals surface area contributed by atoms with E-state index in [2.05, 4.69) is 6.58 Å². The zero-order valence-electron chi connectivity index (χ0n) is 7.26. The molecule has 0 spiro atoms. The molecule has 1 aromatic heterocycles. The Morgan fingerprint density at radius 3 is 2.50 bits per heavy atom. The van der Waals surface area contributed by atoms with Crippen LogP contribution in [0.15, 0.2) is 12.7 Å². The topological polar surface area (TPSA) is 28.8 Å². The molecule has 1 N–H and O–H groups in total. The first-order valence-electron chi connectivity index (χ1n) is 3.49. The van der Waals surface area contributed by atoms with E-state index in [9.17, 15) is 0 Å². The molecule has 0 atom stereocenters. The summed E-state index contributed by atoms with van der Waals surface area (Å²) in [6.07, 6.45) is 1.82. The van der Waals surface area contributed by atoms with Crippen molar-refractivity contribution in [1.29, 1.82) is 5.41 Å². The minimum absolute atomic E-state index is 0. The third-order valence-corrected chi connectivity index (χ3v) is 2.74. The number of rotatable bonds is 2. The van der Waals surface area contributed by atoms with E-state index in [1.54, 1.807) is 0 Å². The van der Waals surface area contributed by atoms with E-state index in [1.807, 2.05) is 24.5 Å². The quantitative estimate of drug-likeness (QED) is 0.780. The summed E-state index contributed by atoms with van der Waals surface area (Å²) in [4.78, 5) is 1.83. The van der Waals surface area contributed by atoms with Crippen LogP contribution in [0.25, 0.3) is 0 Å². The van der Waals surface area contributed by atoms with E-state index in [0.717, 1.165) is 6.54 Å². The highest BCUT2D eigenvalue weighted by Gasteiger charge is 2.01. The van der Waals surface area contributed by atoms with E-state index >= 15 is 0 Å². The van der Waals surface area contributed by atoms with Crippen LogP contribution in [-0.2, 0) is 6.54 Å². The van der Waals surface area contributed by atoms with Gasteiger partial charge in [0.15, 0.2) is 4.80 Å². The summed E-state index contributed by atoms with van der Waals surface area (Å²) in [6, 6.07) is 0. The number of aromatic nitrogens is 1. The van der Waals surface area contributed by atoms with Crippen LogP contribution in [0, 0.1) is 19.3 Å². The first kappa shape index (κ1) is 11.6. The van der Waals surface area contributed by atoms with Gasteiger partial charge in [0.05, 0.1) is 0 Å². The summed E-state index contributed by atoms with van der Waals surface area (Å²) in [6.45, 7) is 8.47. The maximum Gasteiger partial charge on any atom is 0.182 e. The second-order valence-electron chi connectivity index (χ2n) is 2.45. The van der Waals surface area contributed by atoms with Crippen LogP contribution in [-0.4, -0.2) is 4.57 Å². The van der Waals surface area contributed by atoms with Crippen molar-refractivity contribution in [2.24, 2.45) is 0 Å². The molecule has 1 heterocycles. The summed E-state index contributed by atoms with van der Waals surface area (Å²) in [5, 5.41) is 7.57. The number of aryl methyl sites for hydroxylation is 1. The van der Waals surface area contributed by atoms with Crippen molar-refractivity contribution in [2.45, 2.75) is 20.4 Å². The number of nitrogens with zero attached hydrogens (tertiary/aromatic N) is 1. The van der Waals surface area contributed by atoms with Crippen LogP contribution >= 0.6 is 28.3 Å². The van der Waals surface area contributed by atoms with E-state index < -0.39 is 0 Å². The molecular formula is C8H13BrN2S. The molecule has 0 fully saturated rings. The maximum absolute atomic E-state index is 7.57. The molecule has 0 amide bonds. The molecular weight excluding hydrogens is 236 g/mol. The van der Waals surface area contributed by atoms with Crippen molar-refractivity contribution in [3.05, 3.63) is 28.0 Å². The van der Waals surface area contributed by atoms with Crippen molar-refractivity contribution < 1.29 is 0 Å². The van der Waals surface area contributed by atoms with E-state index in [0.29, 0.717) is 4.80 Å². The second-order valence-corrected chi connectivity index (χ2v) is 3.65. The van der Waals surface area contributed by atoms with Gasteiger partial charge in [0.25, 0.3) is 0 Å². The van der Waals surface area contributed by atoms with Crippen LogP contribution in [0.3, 0.4) is 0 Å². The monoisotopic (exact) mass is 248 g/mol. The van der Waals surface area contributed by atoms with Gasteiger partial charge in [-0.05, 0) is 13.8 Å². The molecule has 0 bridgehead atoms. The molecule has 0 unspecified atom stereocenters. The summed E-state index contributed by atoms with van der Waals surface area (Å²) in [5.41, 5.74) is 1.18. The third kappa shape index (κ3) is 2.08. The first-order valence-corrected chi connectivity index (χ1v) is 4.30. The van der Waals surface area contributed by atoms with E-state index in [-0.39, 0.29) is 17.0 Å². The van der Waals surface area contributed by atoms with Crippen LogP contribution < -0.4 is 4.80 Å². The van der Waals surface area contributed by atoms with Gasteiger partial charge < -0.3 is 4.57 Å². The molecule has 0 aliphatic carbocycles. The standard InChI is InChI=1S/C8H12N2S.BrH/c1-4-5-10-6(2)7(3)11-8(10)9;/h4,9H,1,5H2,2-3H3;1H. The van der Waals surface area contributed by atoms with Gasteiger partial charge in [-0.3, -0.25) is 5.41 Å². The fourth-order valence-corrected chi connectivity index (χ4v) is 1.83. The van der Waals surface area contributed by atoms with Gasteiger partial charge in [-0.2, -0.15) is 0 Å². The van der Waals surface area contributed by atoms with Gasteiger partial charge in [-0.25, -0.2) is 0 Å². The zero-order valence-corrected chi connectivity index (χ0v) is 9.78. The minimum Gasteiger partial charge on any atom is -0.317 e. The van der Waals surface area contributed by atoms with Crippen molar-refractivity contribution in [2.75, 3.05) is 0 Å². The second kappa shape index (κ2) is 4.62. The molecule has 4 heteroatoms. The highest BCUT2D eigenvalue weighted by molar-refractivity contribution is 8.93. The Morgan fingerprint density at radius 2 is 2.17 bits per heavy atom. The lowest BCUT2D eigenvalue weighted by atomic mass is 10.4. The molecule has 12 heavy (non-hydrogen) atoms. The molecule has 0 aromatic carbocycles. The van der Waals surface area contributed by atoms with Crippen molar-refractivity contribution in [3.63, 3.8) is 0 Å². The lowest BCUT2D eigenvalue weighted by Crippen LogP contribution is -2.13. The predicted octanol–water partition coefficient (Wildman–Crippen LogP) is 2.41. The van der Waals surface area contributed by atoms with E-state index in [4.69, 9.17) is 5.41 Å². The SMILES string of the molecule is Br.C=CCn1c(C)c(C)sc1=N. The summed E-state index contributed by atoms with van der Waals surface area (Å²) in [7, 11) is 0. The molecule has 0 aliphatic heterocycles. The third-order valence-electron chi connectivity index (χ3n) is 1.72. The fraction of sp³-hybridized carbons (Fsp3) is 0.375. The maximum atomic E-state index is 7.57. The minimum atomic E-state index is 0. The van der Waals surface area contributed by atoms with Gasteiger partial charge in [-0.15, -0.1) is 34.9 Å². The molecule has 1 aromatic rings. The molecule has 0 radical (unpaired) electrons. The number of allylic oxidation sites excluding steroid dienone is 1. The molecule has 0 saturated heterocycles. The lowest BCUT2D eigenvalue weighted by molar-refractivity contribution is 0.748. The smallest absolute Gasteiger partial charge is 0.182 e. The Bertz CT molecular complexity index is 324. The lowest BCUT2D eigenvalue weighted by Gasteiger charge is -1.99. The Kier molecular flexibility index (Phi) is 4.49. The van der Waals surface area contributed by atoms with Gasteiger partial charge in [0, 0.05) is 17.1 Å². The Balaban J connectivity index is 0.00000121. The Hall–Kier alpha value is -0.350.